The quantitative estimate of drug-likeness (QED) is 0.571. The third-order valence-corrected chi connectivity index (χ3v) is 3.61. The van der Waals surface area contributed by atoms with E-state index in [0.29, 0.717) is 0 Å². The van der Waals surface area contributed by atoms with Gasteiger partial charge in [-0.25, -0.2) is 0 Å². The van der Waals surface area contributed by atoms with Gasteiger partial charge >= 0.3 is 0 Å². The topological polar surface area (TPSA) is 17.1 Å². The fraction of sp³-hybridized carbons (Fsp3) is 0.250. The Kier molecular flexibility index (Phi) is 3.91. The van der Waals surface area contributed by atoms with Gasteiger partial charge in [-0.15, -0.1) is 11.8 Å². The number of carbonyl (C=O) groups is 1. The molecule has 0 saturated carbocycles. The van der Waals surface area contributed by atoms with E-state index in [1.807, 2.05) is 23.1 Å². The molecule has 1 aromatic heterocycles. The summed E-state index contributed by atoms with van der Waals surface area (Å²) in [5.41, 5.74) is 1.01. The van der Waals surface area contributed by atoms with Crippen molar-refractivity contribution in [2.75, 3.05) is 6.26 Å². The van der Waals surface area contributed by atoms with Crippen LogP contribution in [-0.4, -0.2) is 16.7 Å². The Bertz CT molecular complexity index is 266. The zero-order chi connectivity index (χ0) is 8.97. The standard InChI is InChI=1S/C8H8OS3/c1-11-8(10)7(4-9)6-2-3-12-5-6/h2-5,7H,1H3. The molecule has 0 N–H and O–H groups in total. The molecule has 0 radical (unpaired) electrons. The second-order valence-electron chi connectivity index (χ2n) is 2.19. The highest BCUT2D eigenvalue weighted by molar-refractivity contribution is 8.22. The summed E-state index contributed by atoms with van der Waals surface area (Å²) in [6.45, 7) is 0. The van der Waals surface area contributed by atoms with E-state index in [9.17, 15) is 4.79 Å². The lowest BCUT2D eigenvalue weighted by atomic mass is 10.1. The minimum absolute atomic E-state index is 0.207. The first-order chi connectivity index (χ1) is 5.79. The van der Waals surface area contributed by atoms with Crippen molar-refractivity contribution < 1.29 is 4.79 Å². The molecule has 0 aromatic carbocycles. The number of hydrogen-bond donors (Lipinski definition) is 0. The molecule has 4 heteroatoms. The SMILES string of the molecule is CSC(=S)C(C=O)c1ccsc1. The Morgan fingerprint density at radius 2 is 2.58 bits per heavy atom. The van der Waals surface area contributed by atoms with Crippen molar-refractivity contribution in [3.8, 4) is 0 Å². The van der Waals surface area contributed by atoms with Crippen LogP contribution in [0.3, 0.4) is 0 Å². The van der Waals surface area contributed by atoms with Crippen LogP contribution < -0.4 is 0 Å². The van der Waals surface area contributed by atoms with Crippen LogP contribution in [0.2, 0.25) is 0 Å². The van der Waals surface area contributed by atoms with E-state index >= 15 is 0 Å². The van der Waals surface area contributed by atoms with E-state index in [4.69, 9.17) is 12.2 Å². The molecule has 1 nitrogen and oxygen atoms in total. The number of hydrogen-bond acceptors (Lipinski definition) is 4. The fourth-order valence-electron chi connectivity index (χ4n) is 0.849. The van der Waals surface area contributed by atoms with Crippen molar-refractivity contribution >= 4 is 45.8 Å². The fourth-order valence-corrected chi connectivity index (χ4v) is 2.18. The van der Waals surface area contributed by atoms with Crippen LogP contribution in [0.15, 0.2) is 16.8 Å². The maximum Gasteiger partial charge on any atom is 0.133 e. The predicted molar refractivity (Wildman–Crippen MR) is 59.2 cm³/mol. The Morgan fingerprint density at radius 1 is 1.83 bits per heavy atom. The summed E-state index contributed by atoms with van der Waals surface area (Å²) in [4.78, 5) is 10.7. The van der Waals surface area contributed by atoms with E-state index in [2.05, 4.69) is 0 Å². The summed E-state index contributed by atoms with van der Waals surface area (Å²) in [6.07, 6.45) is 2.80. The van der Waals surface area contributed by atoms with Gasteiger partial charge in [-0.05, 0) is 28.6 Å². The summed E-state index contributed by atoms with van der Waals surface area (Å²) < 4.78 is 0.739. The minimum atomic E-state index is -0.207. The van der Waals surface area contributed by atoms with E-state index < -0.39 is 0 Å². The maximum absolute atomic E-state index is 10.7. The average Bonchev–Trinajstić information content (AvgIpc) is 2.58. The van der Waals surface area contributed by atoms with Gasteiger partial charge in [0.05, 0.1) is 10.1 Å². The van der Waals surface area contributed by atoms with Crippen LogP contribution in [-0.2, 0) is 4.79 Å². The molecule has 1 aromatic rings. The largest absolute Gasteiger partial charge is 0.302 e. The van der Waals surface area contributed by atoms with Crippen LogP contribution in [0.1, 0.15) is 11.5 Å². The van der Waals surface area contributed by atoms with E-state index in [1.54, 1.807) is 11.3 Å². The maximum atomic E-state index is 10.7. The molecule has 1 atom stereocenters. The molecule has 12 heavy (non-hydrogen) atoms. The van der Waals surface area contributed by atoms with Gasteiger partial charge in [0.1, 0.15) is 6.29 Å². The van der Waals surface area contributed by atoms with E-state index in [1.165, 1.54) is 11.8 Å². The highest BCUT2D eigenvalue weighted by atomic mass is 32.2. The number of thiophene rings is 1. The molecule has 64 valence electrons. The highest BCUT2D eigenvalue weighted by Gasteiger charge is 2.14. The summed E-state index contributed by atoms with van der Waals surface area (Å²) >= 11 is 8.10. The van der Waals surface area contributed by atoms with Crippen molar-refractivity contribution in [2.24, 2.45) is 0 Å². The third kappa shape index (κ3) is 2.15. The Balaban J connectivity index is 2.83. The number of aldehydes is 1. The molecular weight excluding hydrogens is 208 g/mol. The van der Waals surface area contributed by atoms with Crippen molar-refractivity contribution in [1.82, 2.24) is 0 Å². The molecular formula is C8H8OS3. The number of thiocarbonyl (C=S) groups is 1. The van der Waals surface area contributed by atoms with Crippen LogP contribution in [0.25, 0.3) is 0 Å². The van der Waals surface area contributed by atoms with Gasteiger partial charge in [-0.3, -0.25) is 0 Å². The lowest BCUT2D eigenvalue weighted by Gasteiger charge is -2.06. The molecule has 0 saturated heterocycles. The van der Waals surface area contributed by atoms with Crippen LogP contribution in [0.4, 0.5) is 0 Å². The summed E-state index contributed by atoms with van der Waals surface area (Å²) in [5, 5.41) is 3.91. The highest BCUT2D eigenvalue weighted by Crippen LogP contribution is 2.22. The van der Waals surface area contributed by atoms with E-state index in [-0.39, 0.29) is 5.92 Å². The molecule has 0 bridgehead atoms. The lowest BCUT2D eigenvalue weighted by molar-refractivity contribution is -0.107. The molecule has 0 fully saturated rings. The van der Waals surface area contributed by atoms with Gasteiger partial charge in [0, 0.05) is 0 Å². The van der Waals surface area contributed by atoms with E-state index in [0.717, 1.165) is 16.0 Å². The van der Waals surface area contributed by atoms with Gasteiger partial charge in [0.25, 0.3) is 0 Å². The summed E-state index contributed by atoms with van der Waals surface area (Å²) in [6, 6.07) is 1.94. The molecule has 0 aliphatic carbocycles. The second-order valence-corrected chi connectivity index (χ2v) is 4.52. The molecule has 0 spiro atoms. The first-order valence-electron chi connectivity index (χ1n) is 3.34. The van der Waals surface area contributed by atoms with Crippen LogP contribution in [0, 0.1) is 0 Å². The van der Waals surface area contributed by atoms with Gasteiger partial charge in [-0.1, -0.05) is 12.2 Å². The number of thioether (sulfide) groups is 1. The number of rotatable bonds is 3. The molecule has 0 aliphatic rings. The Labute approximate surface area is 85.2 Å². The predicted octanol–water partition coefficient (Wildman–Crippen LogP) is 2.72. The third-order valence-electron chi connectivity index (χ3n) is 1.49. The first kappa shape index (κ1) is 9.89. The number of carbonyl (C=O) groups excluding carboxylic acids is 1. The van der Waals surface area contributed by atoms with Gasteiger partial charge < -0.3 is 4.79 Å². The molecule has 1 unspecified atom stereocenters. The monoisotopic (exact) mass is 216 g/mol. The summed E-state index contributed by atoms with van der Waals surface area (Å²) in [7, 11) is 0. The van der Waals surface area contributed by atoms with Crippen molar-refractivity contribution in [3.63, 3.8) is 0 Å². The molecule has 1 rings (SSSR count). The average molecular weight is 216 g/mol. The lowest BCUT2D eigenvalue weighted by Crippen LogP contribution is -2.06. The van der Waals surface area contributed by atoms with Crippen molar-refractivity contribution in [1.29, 1.82) is 0 Å². The zero-order valence-electron chi connectivity index (χ0n) is 6.52. The smallest absolute Gasteiger partial charge is 0.133 e. The molecule has 0 amide bonds. The van der Waals surface area contributed by atoms with Crippen molar-refractivity contribution in [2.45, 2.75) is 5.92 Å². The van der Waals surface area contributed by atoms with Crippen molar-refractivity contribution in [3.05, 3.63) is 22.4 Å². The van der Waals surface area contributed by atoms with Crippen LogP contribution in [0.5, 0.6) is 0 Å². The second kappa shape index (κ2) is 4.74. The first-order valence-corrected chi connectivity index (χ1v) is 5.92. The van der Waals surface area contributed by atoms with Crippen LogP contribution >= 0.6 is 35.3 Å². The Morgan fingerprint density at radius 3 is 3.00 bits per heavy atom. The molecule has 0 aliphatic heterocycles. The normalized spacial score (nSPS) is 12.4. The minimum Gasteiger partial charge on any atom is -0.302 e. The van der Waals surface area contributed by atoms with Gasteiger partial charge in [0.15, 0.2) is 0 Å². The molecule has 1 heterocycles. The summed E-state index contributed by atoms with van der Waals surface area (Å²) in [5.74, 6) is -0.207. The van der Waals surface area contributed by atoms with Gasteiger partial charge in [0.2, 0.25) is 0 Å². The zero-order valence-corrected chi connectivity index (χ0v) is 8.97. The van der Waals surface area contributed by atoms with Gasteiger partial charge in [-0.2, -0.15) is 11.3 Å². The Hall–Kier alpha value is -0.190.